The van der Waals surface area contributed by atoms with Crippen LogP contribution in [0.25, 0.3) is 0 Å². The predicted molar refractivity (Wildman–Crippen MR) is 213 cm³/mol. The molecule has 1 aliphatic heterocycles. The monoisotopic (exact) mass is 799 g/mol. The van der Waals surface area contributed by atoms with Gasteiger partial charge < -0.3 is 29.2 Å². The number of aliphatic hydroxyl groups is 2. The van der Waals surface area contributed by atoms with Gasteiger partial charge in [0.2, 0.25) is 0 Å². The molecule has 11 fully saturated rings. The summed E-state index contributed by atoms with van der Waals surface area (Å²) < 4.78 is 23.3. The molecule has 0 spiro atoms. The van der Waals surface area contributed by atoms with Gasteiger partial charge in [0.25, 0.3) is 0 Å². The molecule has 11 rings (SSSR count). The summed E-state index contributed by atoms with van der Waals surface area (Å²) in [7, 11) is 0. The van der Waals surface area contributed by atoms with E-state index in [9.17, 15) is 29.4 Å². The van der Waals surface area contributed by atoms with Crippen molar-refractivity contribution in [2.45, 2.75) is 200 Å². The maximum absolute atomic E-state index is 12.5. The second-order valence-corrected chi connectivity index (χ2v) is 22.3. The second-order valence-electron chi connectivity index (χ2n) is 22.3. The van der Waals surface area contributed by atoms with Crippen LogP contribution in [0.4, 0.5) is 0 Å². The van der Waals surface area contributed by atoms with E-state index in [0.717, 1.165) is 63.2 Å². The summed E-state index contributed by atoms with van der Waals surface area (Å²) in [5.41, 5.74) is -3.34. The van der Waals surface area contributed by atoms with Gasteiger partial charge in [-0.3, -0.25) is 19.2 Å². The molecule has 0 aromatic heterocycles. The van der Waals surface area contributed by atoms with Gasteiger partial charge in [-0.05, 0) is 160 Å². The molecule has 10 aliphatic carbocycles. The maximum atomic E-state index is 12.5. The molecule has 10 nitrogen and oxygen atoms in total. The van der Waals surface area contributed by atoms with E-state index >= 15 is 0 Å². The number of fused-ring (bicyclic) bond motifs is 1. The first-order valence-corrected chi connectivity index (χ1v) is 22.8. The third-order valence-corrected chi connectivity index (χ3v) is 17.2. The van der Waals surface area contributed by atoms with E-state index in [4.69, 9.17) is 18.9 Å². The SMILES string of the molecule is CCC(C)(C)C(=O)OC1(C)C2CC3CC(C2)CC1C3.CCC(C)(C)C(=O)OC12CC3CC(O)(CC(O)(C3)C1)C2.CCC(C)C(=O)OC1C2CC3C(=O)COC1C3C2. The lowest BCUT2D eigenvalue weighted by atomic mass is 9.50. The molecule has 322 valence electrons. The van der Waals surface area contributed by atoms with Crippen molar-refractivity contribution >= 4 is 23.7 Å². The average molecular weight is 799 g/mol. The van der Waals surface area contributed by atoms with Crippen LogP contribution < -0.4 is 0 Å². The highest BCUT2D eigenvalue weighted by Crippen LogP contribution is 2.62. The summed E-state index contributed by atoms with van der Waals surface area (Å²) in [6.07, 6.45) is 14.4. The Hall–Kier alpha value is -2.04. The molecular weight excluding hydrogens is 725 g/mol. The summed E-state index contributed by atoms with van der Waals surface area (Å²) in [6, 6.07) is 0. The number of rotatable bonds is 9. The minimum Gasteiger partial charge on any atom is -0.459 e. The molecular formula is C47H74O10. The molecule has 2 N–H and O–H groups in total. The van der Waals surface area contributed by atoms with Gasteiger partial charge in [0, 0.05) is 25.2 Å². The van der Waals surface area contributed by atoms with Crippen molar-refractivity contribution in [3.63, 3.8) is 0 Å². The van der Waals surface area contributed by atoms with Gasteiger partial charge in [-0.1, -0.05) is 27.7 Å². The standard InChI is InChI=1S/C17H28O2.C16H26O4.C14H20O4/c1-5-16(2,3)15(18)19-17(4)13-7-11-6-12(9-13)10-14(17)8-11;1-4-13(2,3)12(17)20-16-7-11-5-14(18,9-16)8-15(19,6-11)10-16;1-3-7(2)14(16)18-12-8-4-9-10(5-8)13(12)17-6-11(9)15/h11-14H,5-10H2,1-4H3;11,18-19H,4-10H2,1-3H3;7-10,12-13H,3-6H2,1-2H3. The van der Waals surface area contributed by atoms with Crippen molar-refractivity contribution < 1.29 is 48.3 Å². The first-order valence-electron chi connectivity index (χ1n) is 22.8. The van der Waals surface area contributed by atoms with Gasteiger partial charge in [0.15, 0.2) is 5.78 Å². The van der Waals surface area contributed by atoms with Gasteiger partial charge in [-0.25, -0.2) is 0 Å². The molecule has 0 aromatic carbocycles. The summed E-state index contributed by atoms with van der Waals surface area (Å²) in [6.45, 7) is 18.1. The van der Waals surface area contributed by atoms with Crippen molar-refractivity contribution in [2.24, 2.45) is 64.1 Å². The van der Waals surface area contributed by atoms with Crippen LogP contribution in [0.3, 0.4) is 0 Å². The lowest BCUT2D eigenvalue weighted by Crippen LogP contribution is -2.67. The Morgan fingerprint density at radius 1 is 0.772 bits per heavy atom. The summed E-state index contributed by atoms with van der Waals surface area (Å²) in [5, 5.41) is 21.3. The Morgan fingerprint density at radius 2 is 1.32 bits per heavy atom. The molecule has 11 aliphatic rings. The normalized spacial score (nSPS) is 44.7. The van der Waals surface area contributed by atoms with Crippen LogP contribution >= 0.6 is 0 Å². The van der Waals surface area contributed by atoms with Crippen LogP contribution in [0.5, 0.6) is 0 Å². The van der Waals surface area contributed by atoms with E-state index in [-0.39, 0.29) is 71.3 Å². The van der Waals surface area contributed by atoms with Crippen molar-refractivity contribution in [1.82, 2.24) is 0 Å². The van der Waals surface area contributed by atoms with Gasteiger partial charge in [0.1, 0.15) is 23.9 Å². The van der Waals surface area contributed by atoms with E-state index in [1.165, 1.54) is 32.1 Å². The highest BCUT2D eigenvalue weighted by atomic mass is 16.6. The summed E-state index contributed by atoms with van der Waals surface area (Å²) in [4.78, 5) is 48.5. The lowest BCUT2D eigenvalue weighted by molar-refractivity contribution is -0.264. The Labute approximate surface area is 341 Å². The molecule has 10 bridgehead atoms. The molecule has 1 saturated heterocycles. The van der Waals surface area contributed by atoms with Gasteiger partial charge in [-0.15, -0.1) is 0 Å². The predicted octanol–water partition coefficient (Wildman–Crippen LogP) is 7.91. The Kier molecular flexibility index (Phi) is 11.4. The first-order chi connectivity index (χ1) is 26.6. The van der Waals surface area contributed by atoms with Gasteiger partial charge in [-0.2, -0.15) is 0 Å². The Morgan fingerprint density at radius 3 is 1.82 bits per heavy atom. The van der Waals surface area contributed by atoms with E-state index < -0.39 is 22.2 Å². The van der Waals surface area contributed by atoms with E-state index in [1.54, 1.807) is 0 Å². The first kappa shape index (κ1) is 43.1. The maximum Gasteiger partial charge on any atom is 0.312 e. The van der Waals surface area contributed by atoms with E-state index in [2.05, 4.69) is 13.8 Å². The number of hydrogen-bond acceptors (Lipinski definition) is 10. The van der Waals surface area contributed by atoms with Crippen LogP contribution in [-0.4, -0.2) is 75.1 Å². The fraction of sp³-hybridized carbons (Fsp3) is 0.915. The quantitative estimate of drug-likeness (QED) is 0.174. The lowest BCUT2D eigenvalue weighted by Gasteiger charge is -2.62. The number of carbonyl (C=O) groups excluding carboxylic acids is 4. The molecule has 8 atom stereocenters. The van der Waals surface area contributed by atoms with Crippen molar-refractivity contribution in [1.29, 1.82) is 0 Å². The molecule has 0 radical (unpaired) electrons. The Bertz CT molecular complexity index is 1520. The molecule has 0 aromatic rings. The molecule has 10 saturated carbocycles. The Balaban J connectivity index is 0.000000131. The molecule has 10 heteroatoms. The summed E-state index contributed by atoms with van der Waals surface area (Å²) in [5.74, 6) is 4.07. The number of ketones is 1. The van der Waals surface area contributed by atoms with Crippen LogP contribution in [0.2, 0.25) is 0 Å². The fourth-order valence-electron chi connectivity index (χ4n) is 13.3. The zero-order valence-corrected chi connectivity index (χ0v) is 36.5. The van der Waals surface area contributed by atoms with E-state index in [0.29, 0.717) is 42.9 Å². The summed E-state index contributed by atoms with van der Waals surface area (Å²) >= 11 is 0. The topological polar surface area (TPSA) is 146 Å². The number of Topliss-reactive ketones (excluding diaryl/α,β-unsaturated/α-hetero) is 1. The van der Waals surface area contributed by atoms with Gasteiger partial charge >= 0.3 is 17.9 Å². The fourth-order valence-corrected chi connectivity index (χ4v) is 13.3. The van der Waals surface area contributed by atoms with Gasteiger partial charge in [0.05, 0.1) is 34.1 Å². The van der Waals surface area contributed by atoms with E-state index in [1.807, 2.05) is 48.5 Å². The van der Waals surface area contributed by atoms with Crippen molar-refractivity contribution in [2.75, 3.05) is 6.61 Å². The number of ether oxygens (including phenoxy) is 4. The number of esters is 3. The highest BCUT2D eigenvalue weighted by molar-refractivity contribution is 5.84. The molecule has 57 heavy (non-hydrogen) atoms. The van der Waals surface area contributed by atoms with Crippen molar-refractivity contribution in [3.05, 3.63) is 0 Å². The minimum atomic E-state index is -0.842. The van der Waals surface area contributed by atoms with Crippen LogP contribution in [-0.2, 0) is 38.1 Å². The van der Waals surface area contributed by atoms with Crippen LogP contribution in [0, 0.1) is 64.1 Å². The molecule has 0 amide bonds. The number of carbonyl (C=O) groups is 4. The second kappa shape index (κ2) is 15.1. The average Bonchev–Trinajstić information content (AvgIpc) is 3.71. The third-order valence-electron chi connectivity index (χ3n) is 17.2. The zero-order valence-electron chi connectivity index (χ0n) is 36.5. The molecule has 1 heterocycles. The number of hydrogen-bond donors (Lipinski definition) is 2. The minimum absolute atomic E-state index is 0.0185. The molecule has 8 unspecified atom stereocenters. The van der Waals surface area contributed by atoms with Crippen LogP contribution in [0.1, 0.15) is 165 Å². The highest BCUT2D eigenvalue weighted by Gasteiger charge is 2.65. The smallest absolute Gasteiger partial charge is 0.312 e. The zero-order chi connectivity index (χ0) is 41.5. The van der Waals surface area contributed by atoms with Crippen LogP contribution in [0.15, 0.2) is 0 Å². The largest absolute Gasteiger partial charge is 0.459 e. The van der Waals surface area contributed by atoms with Crippen molar-refractivity contribution in [3.8, 4) is 0 Å². The third kappa shape index (κ3) is 8.12.